The molecule has 0 aliphatic carbocycles. The molecule has 2 heterocycles. The lowest BCUT2D eigenvalue weighted by atomic mass is 9.78. The zero-order valence-electron chi connectivity index (χ0n) is 16.8. The molecular weight excluding hydrogens is 381 g/mol. The van der Waals surface area contributed by atoms with Crippen molar-refractivity contribution < 1.29 is 23.0 Å². The Bertz CT molecular complexity index is 994. The third-order valence-corrected chi connectivity index (χ3v) is 5.49. The third-order valence-electron chi connectivity index (χ3n) is 5.49. The van der Waals surface area contributed by atoms with Gasteiger partial charge in [-0.15, -0.1) is 0 Å². The van der Waals surface area contributed by atoms with Gasteiger partial charge in [0.1, 0.15) is 5.82 Å². The topological polar surface area (TPSA) is 36.9 Å². The Morgan fingerprint density at radius 3 is 2.07 bits per heavy atom. The molecule has 0 atom stereocenters. The van der Waals surface area contributed by atoms with E-state index >= 15 is 0 Å². The maximum Gasteiger partial charge on any atom is 0.494 e. The number of halogens is 1. The largest absolute Gasteiger partial charge is 0.494 e. The molecule has 0 aromatic heterocycles. The van der Waals surface area contributed by atoms with Crippen molar-refractivity contribution in [1.82, 2.24) is 0 Å². The highest BCUT2D eigenvalue weighted by Crippen LogP contribution is 2.17. The average Bonchev–Trinajstić information content (AvgIpc) is 3.34. The molecule has 2 aliphatic heterocycles. The zero-order valence-corrected chi connectivity index (χ0v) is 16.8. The Labute approximate surface area is 176 Å². The smallest absolute Gasteiger partial charge is 0.403 e. The highest BCUT2D eigenvalue weighted by molar-refractivity contribution is 6.63. The first kappa shape index (κ1) is 19.5. The van der Waals surface area contributed by atoms with E-state index in [9.17, 15) is 4.39 Å². The molecular formula is C23H21B2FO4. The predicted molar refractivity (Wildman–Crippen MR) is 114 cm³/mol. The molecule has 0 radical (unpaired) electrons. The van der Waals surface area contributed by atoms with Crippen molar-refractivity contribution in [3.05, 3.63) is 94.3 Å². The first-order valence-electron chi connectivity index (χ1n) is 10.1. The van der Waals surface area contributed by atoms with Gasteiger partial charge in [0.15, 0.2) is 0 Å². The summed E-state index contributed by atoms with van der Waals surface area (Å²) in [5.74, 6) is -0.255. The molecule has 150 valence electrons. The number of hydrogen-bond donors (Lipinski definition) is 0. The van der Waals surface area contributed by atoms with Gasteiger partial charge in [0.05, 0.1) is 26.4 Å². The monoisotopic (exact) mass is 402 g/mol. The Hall–Kier alpha value is -2.44. The van der Waals surface area contributed by atoms with Crippen LogP contribution in [0.3, 0.4) is 0 Å². The van der Waals surface area contributed by atoms with Gasteiger partial charge < -0.3 is 18.6 Å². The quantitative estimate of drug-likeness (QED) is 0.595. The van der Waals surface area contributed by atoms with E-state index in [1.807, 2.05) is 18.2 Å². The number of aryl methyl sites for hydroxylation is 1. The molecule has 7 heteroatoms. The maximum atomic E-state index is 13.4. The fourth-order valence-electron chi connectivity index (χ4n) is 3.96. The van der Waals surface area contributed by atoms with Crippen LogP contribution in [0.15, 0.2) is 60.7 Å². The summed E-state index contributed by atoms with van der Waals surface area (Å²) in [7, 11) is -0.795. The van der Waals surface area contributed by atoms with Crippen LogP contribution in [-0.4, -0.2) is 14.2 Å². The van der Waals surface area contributed by atoms with Gasteiger partial charge in [-0.2, -0.15) is 0 Å². The molecule has 5 rings (SSSR count). The highest BCUT2D eigenvalue weighted by atomic mass is 19.1. The lowest BCUT2D eigenvalue weighted by Crippen LogP contribution is -2.32. The van der Waals surface area contributed by atoms with Gasteiger partial charge >= 0.3 is 14.2 Å². The summed E-state index contributed by atoms with van der Waals surface area (Å²) in [4.78, 5) is 0. The molecule has 30 heavy (non-hydrogen) atoms. The molecule has 0 spiro atoms. The van der Waals surface area contributed by atoms with Crippen molar-refractivity contribution in [1.29, 1.82) is 0 Å². The van der Waals surface area contributed by atoms with Crippen molar-refractivity contribution in [2.24, 2.45) is 0 Å². The normalized spacial score (nSPS) is 14.9. The lowest BCUT2D eigenvalue weighted by Gasteiger charge is -2.12. The fraction of sp³-hybridized carbons (Fsp3) is 0.217. The maximum absolute atomic E-state index is 13.4. The van der Waals surface area contributed by atoms with Crippen LogP contribution in [0.2, 0.25) is 0 Å². The van der Waals surface area contributed by atoms with Crippen molar-refractivity contribution in [3.8, 4) is 0 Å². The summed E-state index contributed by atoms with van der Waals surface area (Å²) in [6.07, 6.45) is 0. The summed E-state index contributed by atoms with van der Waals surface area (Å²) in [5, 5.41) is 0. The predicted octanol–water partition coefficient (Wildman–Crippen LogP) is 3.02. The zero-order chi connectivity index (χ0) is 20.5. The van der Waals surface area contributed by atoms with Gasteiger partial charge in [-0.1, -0.05) is 54.1 Å². The van der Waals surface area contributed by atoms with E-state index in [1.165, 1.54) is 23.3 Å². The van der Waals surface area contributed by atoms with E-state index in [0.717, 1.165) is 27.6 Å². The molecule has 3 aromatic carbocycles. The van der Waals surface area contributed by atoms with Crippen LogP contribution in [0.1, 0.15) is 27.8 Å². The minimum Gasteiger partial charge on any atom is -0.403 e. The molecule has 0 N–H and O–H groups in total. The molecule has 0 amide bonds. The summed E-state index contributed by atoms with van der Waals surface area (Å²) >= 11 is 0. The van der Waals surface area contributed by atoms with Gasteiger partial charge in [-0.25, -0.2) is 4.39 Å². The van der Waals surface area contributed by atoms with Crippen LogP contribution < -0.4 is 10.9 Å². The number of benzene rings is 3. The summed E-state index contributed by atoms with van der Waals surface area (Å²) in [6.45, 7) is 3.89. The fourth-order valence-corrected chi connectivity index (χ4v) is 3.96. The number of fused-ring (bicyclic) bond motifs is 2. The third kappa shape index (κ3) is 4.07. The average molecular weight is 402 g/mol. The number of rotatable bonds is 6. The Balaban J connectivity index is 1.19. The van der Waals surface area contributed by atoms with Gasteiger partial charge in [-0.3, -0.25) is 0 Å². The molecule has 2 aliphatic rings. The molecule has 0 unspecified atom stereocenters. The van der Waals surface area contributed by atoms with Gasteiger partial charge in [0, 0.05) is 0 Å². The molecule has 4 nitrogen and oxygen atoms in total. The van der Waals surface area contributed by atoms with Gasteiger partial charge in [0.25, 0.3) is 0 Å². The second kappa shape index (κ2) is 8.36. The van der Waals surface area contributed by atoms with Crippen LogP contribution in [-0.2, 0) is 45.0 Å². The molecule has 0 bridgehead atoms. The SMILES string of the molecule is Cc1ccc2c(c1)COB2OCc1cccc(COB2OCc3cc(F)ccc32)c1. The summed E-state index contributed by atoms with van der Waals surface area (Å²) in [6, 6.07) is 19.1. The highest BCUT2D eigenvalue weighted by Gasteiger charge is 2.31. The van der Waals surface area contributed by atoms with Gasteiger partial charge in [-0.05, 0) is 52.2 Å². The second-order valence-corrected chi connectivity index (χ2v) is 7.77. The molecule has 0 saturated heterocycles. The van der Waals surface area contributed by atoms with E-state index < -0.39 is 7.12 Å². The van der Waals surface area contributed by atoms with E-state index in [2.05, 4.69) is 31.2 Å². The molecule has 0 fully saturated rings. The Morgan fingerprint density at radius 2 is 1.40 bits per heavy atom. The Kier molecular flexibility index (Phi) is 5.44. The van der Waals surface area contributed by atoms with E-state index in [-0.39, 0.29) is 12.9 Å². The molecule has 3 aromatic rings. The second-order valence-electron chi connectivity index (χ2n) is 7.77. The summed E-state index contributed by atoms with van der Waals surface area (Å²) < 4.78 is 36.8. The molecule has 0 saturated carbocycles. The van der Waals surface area contributed by atoms with Gasteiger partial charge in [0.2, 0.25) is 0 Å². The standard InChI is InChI=1S/C23H21B2FO4/c1-16-5-7-22-19(9-16)14-29-24(22)27-12-17-3-2-4-18(10-17)13-28-25-23-8-6-21(26)11-20(23)15-30-25/h2-11H,12-15H2,1H3. The van der Waals surface area contributed by atoms with Crippen LogP contribution >= 0.6 is 0 Å². The van der Waals surface area contributed by atoms with E-state index in [4.69, 9.17) is 18.6 Å². The van der Waals surface area contributed by atoms with Crippen LogP contribution in [0, 0.1) is 12.7 Å². The first-order chi connectivity index (χ1) is 14.7. The van der Waals surface area contributed by atoms with E-state index in [1.54, 1.807) is 6.07 Å². The van der Waals surface area contributed by atoms with Crippen molar-refractivity contribution in [2.45, 2.75) is 33.4 Å². The van der Waals surface area contributed by atoms with Crippen molar-refractivity contribution in [2.75, 3.05) is 0 Å². The minimum atomic E-state index is -0.465. The minimum absolute atomic E-state index is 0.255. The van der Waals surface area contributed by atoms with Crippen LogP contribution in [0.4, 0.5) is 4.39 Å². The van der Waals surface area contributed by atoms with Crippen molar-refractivity contribution >= 4 is 25.2 Å². The summed E-state index contributed by atoms with van der Waals surface area (Å²) in [5.41, 5.74) is 7.34. The van der Waals surface area contributed by atoms with Crippen molar-refractivity contribution in [3.63, 3.8) is 0 Å². The van der Waals surface area contributed by atoms with Crippen LogP contribution in [0.5, 0.6) is 0 Å². The van der Waals surface area contributed by atoms with Crippen LogP contribution in [0.25, 0.3) is 0 Å². The first-order valence-corrected chi connectivity index (χ1v) is 10.1. The Morgan fingerprint density at radius 1 is 0.800 bits per heavy atom. The number of hydrogen-bond acceptors (Lipinski definition) is 4. The van der Waals surface area contributed by atoms with E-state index in [0.29, 0.717) is 26.4 Å². The lowest BCUT2D eigenvalue weighted by molar-refractivity contribution is 0.201.